The minimum atomic E-state index is -0.0798. The van der Waals surface area contributed by atoms with Gasteiger partial charge >= 0.3 is 0 Å². The van der Waals surface area contributed by atoms with Crippen LogP contribution in [0.5, 0.6) is 0 Å². The summed E-state index contributed by atoms with van der Waals surface area (Å²) in [7, 11) is 0. The fourth-order valence-electron chi connectivity index (χ4n) is 3.68. The summed E-state index contributed by atoms with van der Waals surface area (Å²) in [5.41, 5.74) is 4.01. The minimum absolute atomic E-state index is 0.0551. The molecule has 5 heteroatoms. The summed E-state index contributed by atoms with van der Waals surface area (Å²) in [6, 6.07) is 16.2. The van der Waals surface area contributed by atoms with Crippen molar-refractivity contribution >= 4 is 35.0 Å². The van der Waals surface area contributed by atoms with Gasteiger partial charge in [-0.3, -0.25) is 14.5 Å². The first-order valence-corrected chi connectivity index (χ1v) is 12.0. The van der Waals surface area contributed by atoms with Crippen LogP contribution in [0.4, 0.5) is 11.4 Å². The molecular weight excluding hydrogens is 392 g/mol. The monoisotopic (exact) mass is 424 g/mol. The van der Waals surface area contributed by atoms with Crippen molar-refractivity contribution in [3.05, 3.63) is 59.7 Å². The second-order valence-corrected chi connectivity index (χ2v) is 9.23. The van der Waals surface area contributed by atoms with E-state index in [4.69, 9.17) is 0 Å². The summed E-state index contributed by atoms with van der Waals surface area (Å²) in [5, 5.41) is 2.94. The molecule has 1 heterocycles. The molecule has 0 aromatic heterocycles. The number of amides is 2. The standard InChI is InChI=1S/C25H32N2O2S/c1-4-5-6-7-11-23(28)26-21-10-8-9-20(16-21)25-27(24(29)17-30-25)22-14-12-19(13-15-22)18(2)3/h8-10,12-16,18,25H,4-7,11,17H2,1-3H3,(H,26,28)/t25-/m0/s1. The third-order valence-electron chi connectivity index (χ3n) is 5.42. The van der Waals surface area contributed by atoms with Crippen molar-refractivity contribution in [1.29, 1.82) is 0 Å². The molecule has 2 aromatic rings. The van der Waals surface area contributed by atoms with Crippen LogP contribution in [0.1, 0.15) is 75.3 Å². The number of nitrogens with one attached hydrogen (secondary N) is 1. The van der Waals surface area contributed by atoms with E-state index in [1.54, 1.807) is 11.8 Å². The van der Waals surface area contributed by atoms with Crippen LogP contribution in [0.25, 0.3) is 0 Å². The maximum atomic E-state index is 12.6. The Morgan fingerprint density at radius 3 is 2.60 bits per heavy atom. The maximum absolute atomic E-state index is 12.6. The highest BCUT2D eigenvalue weighted by Crippen LogP contribution is 2.42. The van der Waals surface area contributed by atoms with Crippen molar-refractivity contribution in [2.24, 2.45) is 0 Å². The van der Waals surface area contributed by atoms with E-state index in [2.05, 4.69) is 38.2 Å². The Hall–Kier alpha value is -2.27. The maximum Gasteiger partial charge on any atom is 0.238 e. The molecular formula is C25H32N2O2S. The van der Waals surface area contributed by atoms with E-state index in [0.717, 1.165) is 36.2 Å². The van der Waals surface area contributed by atoms with Gasteiger partial charge in [-0.05, 0) is 47.7 Å². The Balaban J connectivity index is 1.72. The lowest BCUT2D eigenvalue weighted by molar-refractivity contribution is -0.117. The summed E-state index contributed by atoms with van der Waals surface area (Å²) in [6.07, 6.45) is 4.90. The predicted molar refractivity (Wildman–Crippen MR) is 127 cm³/mol. The molecule has 1 saturated heterocycles. The SMILES string of the molecule is CCCCCCC(=O)Nc1cccc([C@@H]2SCC(=O)N2c2ccc(C(C)C)cc2)c1. The number of unbranched alkanes of at least 4 members (excludes halogenated alkanes) is 3. The molecule has 1 aliphatic rings. The Labute approximate surface area is 184 Å². The molecule has 160 valence electrons. The number of hydrogen-bond donors (Lipinski definition) is 1. The lowest BCUT2D eigenvalue weighted by Crippen LogP contribution is -2.27. The average molecular weight is 425 g/mol. The third-order valence-corrected chi connectivity index (χ3v) is 6.63. The second kappa shape index (κ2) is 10.7. The number of thioether (sulfide) groups is 1. The first kappa shape index (κ1) is 22.4. The van der Waals surface area contributed by atoms with Gasteiger partial charge < -0.3 is 5.32 Å². The van der Waals surface area contributed by atoms with Crippen LogP contribution in [-0.2, 0) is 9.59 Å². The molecule has 0 unspecified atom stereocenters. The zero-order valence-corrected chi connectivity index (χ0v) is 19.0. The molecule has 2 amide bonds. The van der Waals surface area contributed by atoms with Crippen LogP contribution in [0.3, 0.4) is 0 Å². The van der Waals surface area contributed by atoms with Crippen molar-refractivity contribution in [3.8, 4) is 0 Å². The van der Waals surface area contributed by atoms with Crippen molar-refractivity contribution in [2.45, 2.75) is 64.2 Å². The molecule has 0 bridgehead atoms. The fraction of sp³-hybridized carbons (Fsp3) is 0.440. The lowest BCUT2D eigenvalue weighted by atomic mass is 10.0. The number of carbonyl (C=O) groups excluding carboxylic acids is 2. The molecule has 1 fully saturated rings. The molecule has 0 radical (unpaired) electrons. The van der Waals surface area contributed by atoms with Gasteiger partial charge in [0.05, 0.1) is 5.75 Å². The molecule has 0 saturated carbocycles. The quantitative estimate of drug-likeness (QED) is 0.468. The molecule has 30 heavy (non-hydrogen) atoms. The summed E-state index contributed by atoms with van der Waals surface area (Å²) in [4.78, 5) is 26.8. The van der Waals surface area contributed by atoms with E-state index < -0.39 is 0 Å². The first-order chi connectivity index (χ1) is 14.5. The van der Waals surface area contributed by atoms with Gasteiger partial charge in [0.15, 0.2) is 0 Å². The molecule has 0 spiro atoms. The van der Waals surface area contributed by atoms with Crippen molar-refractivity contribution < 1.29 is 9.59 Å². The van der Waals surface area contributed by atoms with E-state index in [9.17, 15) is 9.59 Å². The molecule has 1 atom stereocenters. The van der Waals surface area contributed by atoms with Crippen LogP contribution in [0, 0.1) is 0 Å². The summed E-state index contributed by atoms with van der Waals surface area (Å²) < 4.78 is 0. The van der Waals surface area contributed by atoms with Crippen LogP contribution >= 0.6 is 11.8 Å². The number of rotatable bonds is 9. The average Bonchev–Trinajstić information content (AvgIpc) is 3.13. The van der Waals surface area contributed by atoms with Gasteiger partial charge in [0.1, 0.15) is 5.37 Å². The fourth-order valence-corrected chi connectivity index (χ4v) is 4.84. The largest absolute Gasteiger partial charge is 0.326 e. The molecule has 1 N–H and O–H groups in total. The van der Waals surface area contributed by atoms with Gasteiger partial charge in [-0.2, -0.15) is 0 Å². The van der Waals surface area contributed by atoms with Crippen LogP contribution in [-0.4, -0.2) is 17.6 Å². The van der Waals surface area contributed by atoms with Crippen molar-refractivity contribution in [2.75, 3.05) is 16.0 Å². The summed E-state index contributed by atoms with van der Waals surface area (Å²) in [5.74, 6) is 1.10. The Kier molecular flexibility index (Phi) is 7.97. The highest BCUT2D eigenvalue weighted by molar-refractivity contribution is 8.00. The van der Waals surface area contributed by atoms with E-state index in [1.807, 2.05) is 41.3 Å². The van der Waals surface area contributed by atoms with E-state index in [-0.39, 0.29) is 17.2 Å². The topological polar surface area (TPSA) is 49.4 Å². The zero-order chi connectivity index (χ0) is 21.5. The van der Waals surface area contributed by atoms with E-state index >= 15 is 0 Å². The molecule has 0 aliphatic carbocycles. The third kappa shape index (κ3) is 5.66. The van der Waals surface area contributed by atoms with E-state index in [1.165, 1.54) is 12.0 Å². The predicted octanol–water partition coefficient (Wildman–Crippen LogP) is 6.50. The molecule has 1 aliphatic heterocycles. The van der Waals surface area contributed by atoms with Gasteiger partial charge in [-0.15, -0.1) is 11.8 Å². The normalized spacial score (nSPS) is 16.3. The first-order valence-electron chi connectivity index (χ1n) is 10.9. The highest BCUT2D eigenvalue weighted by atomic mass is 32.2. The Bertz CT molecular complexity index is 864. The lowest BCUT2D eigenvalue weighted by Gasteiger charge is -2.25. The number of benzene rings is 2. The van der Waals surface area contributed by atoms with Crippen molar-refractivity contribution in [3.63, 3.8) is 0 Å². The second-order valence-electron chi connectivity index (χ2n) is 8.16. The summed E-state index contributed by atoms with van der Waals surface area (Å²) >= 11 is 1.63. The van der Waals surface area contributed by atoms with Gasteiger partial charge in [0.25, 0.3) is 0 Å². The van der Waals surface area contributed by atoms with Gasteiger partial charge in [0.2, 0.25) is 11.8 Å². The van der Waals surface area contributed by atoms with Crippen LogP contribution < -0.4 is 10.2 Å². The van der Waals surface area contributed by atoms with Gasteiger partial charge in [0, 0.05) is 17.8 Å². The smallest absolute Gasteiger partial charge is 0.238 e. The summed E-state index contributed by atoms with van der Waals surface area (Å²) in [6.45, 7) is 6.50. The zero-order valence-electron chi connectivity index (χ0n) is 18.2. The van der Waals surface area contributed by atoms with E-state index in [0.29, 0.717) is 18.1 Å². The Morgan fingerprint density at radius 2 is 1.90 bits per heavy atom. The van der Waals surface area contributed by atoms with Crippen LogP contribution in [0.2, 0.25) is 0 Å². The highest BCUT2D eigenvalue weighted by Gasteiger charge is 2.34. The van der Waals surface area contributed by atoms with Crippen molar-refractivity contribution in [1.82, 2.24) is 0 Å². The number of nitrogens with zero attached hydrogens (tertiary/aromatic N) is 1. The number of hydrogen-bond acceptors (Lipinski definition) is 3. The minimum Gasteiger partial charge on any atom is -0.326 e. The molecule has 4 nitrogen and oxygen atoms in total. The number of anilines is 2. The molecule has 3 rings (SSSR count). The van der Waals surface area contributed by atoms with Gasteiger partial charge in [-0.1, -0.05) is 64.3 Å². The van der Waals surface area contributed by atoms with Crippen LogP contribution in [0.15, 0.2) is 48.5 Å². The van der Waals surface area contributed by atoms with Gasteiger partial charge in [-0.25, -0.2) is 0 Å². The number of carbonyl (C=O) groups is 2. The molecule has 2 aromatic carbocycles. The Morgan fingerprint density at radius 1 is 1.13 bits per heavy atom.